The van der Waals surface area contributed by atoms with Crippen LogP contribution in [0.1, 0.15) is 43.5 Å². The van der Waals surface area contributed by atoms with Crippen LogP contribution >= 0.6 is 39.3 Å². The number of thioether (sulfide) groups is 1. The van der Waals surface area contributed by atoms with Crippen LogP contribution in [0.15, 0.2) is 21.5 Å². The Morgan fingerprint density at radius 3 is 2.65 bits per heavy atom. The van der Waals surface area contributed by atoms with Crippen LogP contribution in [0.4, 0.5) is 4.39 Å². The van der Waals surface area contributed by atoms with Crippen molar-refractivity contribution in [3.05, 3.63) is 28.0 Å². The molecule has 0 saturated carbocycles. The number of benzene rings is 1. The summed E-state index contributed by atoms with van der Waals surface area (Å²) in [6.45, 7) is 4.10. The molecule has 1 unspecified atom stereocenters. The van der Waals surface area contributed by atoms with Crippen LogP contribution in [0.5, 0.6) is 0 Å². The summed E-state index contributed by atoms with van der Waals surface area (Å²) in [5.41, 5.74) is -0.216. The van der Waals surface area contributed by atoms with Gasteiger partial charge in [-0.25, -0.2) is 4.39 Å². The van der Waals surface area contributed by atoms with E-state index in [-0.39, 0.29) is 10.7 Å². The Balaban J connectivity index is 2.84. The van der Waals surface area contributed by atoms with Crippen molar-refractivity contribution in [3.63, 3.8) is 0 Å². The molecule has 0 radical (unpaired) electrons. The molecule has 0 amide bonds. The summed E-state index contributed by atoms with van der Waals surface area (Å²) in [7, 11) is 0. The summed E-state index contributed by atoms with van der Waals surface area (Å²) in [6.07, 6.45) is 2.47. The van der Waals surface area contributed by atoms with E-state index < -0.39 is 11.1 Å². The van der Waals surface area contributed by atoms with Crippen LogP contribution in [0, 0.1) is 11.7 Å². The molecule has 1 atom stereocenters. The molecule has 0 aromatic heterocycles. The highest BCUT2D eigenvalue weighted by Crippen LogP contribution is 2.32. The zero-order valence-electron chi connectivity index (χ0n) is 11.2. The third-order valence-corrected chi connectivity index (χ3v) is 4.83. The zero-order chi connectivity index (χ0) is 15.3. The average molecular weight is 382 g/mol. The molecule has 0 aliphatic heterocycles. The summed E-state index contributed by atoms with van der Waals surface area (Å²) in [6, 6.07) is 2.46. The van der Waals surface area contributed by atoms with E-state index in [2.05, 4.69) is 22.9 Å². The Morgan fingerprint density at radius 1 is 1.45 bits per heavy atom. The van der Waals surface area contributed by atoms with Gasteiger partial charge in [0.25, 0.3) is 5.24 Å². The van der Waals surface area contributed by atoms with Crippen molar-refractivity contribution in [3.8, 4) is 0 Å². The lowest BCUT2D eigenvalue weighted by Gasteiger charge is -2.10. The molecule has 1 aromatic rings. The minimum atomic E-state index is -0.872. The van der Waals surface area contributed by atoms with Crippen LogP contribution in [-0.4, -0.2) is 10.4 Å². The van der Waals surface area contributed by atoms with Crippen LogP contribution < -0.4 is 0 Å². The third-order valence-electron chi connectivity index (χ3n) is 2.75. The first-order valence-corrected chi connectivity index (χ1v) is 8.23. The molecule has 1 rings (SSSR count). The fraction of sp³-hybridized carbons (Fsp3) is 0.429. The van der Waals surface area contributed by atoms with Crippen molar-refractivity contribution >= 4 is 49.7 Å². The van der Waals surface area contributed by atoms with Crippen molar-refractivity contribution in [2.24, 2.45) is 5.92 Å². The molecule has 0 spiro atoms. The minimum absolute atomic E-state index is 0.00812. The molecule has 0 aliphatic carbocycles. The molecule has 0 saturated heterocycles. The molecule has 6 heteroatoms. The van der Waals surface area contributed by atoms with Gasteiger partial charge in [-0.3, -0.25) is 9.59 Å². The molecule has 0 bridgehead atoms. The molecule has 1 aromatic carbocycles. The van der Waals surface area contributed by atoms with Gasteiger partial charge >= 0.3 is 0 Å². The number of rotatable bonds is 6. The van der Waals surface area contributed by atoms with Gasteiger partial charge in [-0.1, -0.05) is 38.5 Å². The van der Waals surface area contributed by atoms with Gasteiger partial charge in [0.2, 0.25) is 0 Å². The van der Waals surface area contributed by atoms with E-state index in [4.69, 9.17) is 11.6 Å². The predicted octanol–water partition coefficient (Wildman–Crippen LogP) is 5.41. The first-order chi connectivity index (χ1) is 9.35. The number of carbonyl (C=O) groups excluding carboxylic acids is 2. The molecule has 0 N–H and O–H groups in total. The van der Waals surface area contributed by atoms with E-state index >= 15 is 0 Å². The van der Waals surface area contributed by atoms with Crippen molar-refractivity contribution in [2.45, 2.75) is 38.0 Å². The quantitative estimate of drug-likeness (QED) is 0.488. The molecule has 0 fully saturated rings. The third kappa shape index (κ3) is 5.19. The Labute approximate surface area is 135 Å². The standard InChI is InChI=1S/C14H15BrClFO2S/c1-3-4-8(2)5-13(18)20-12-6-9(14(16)19)11(17)7-10(12)15/h6-8H,3-5H2,1-2H3. The van der Waals surface area contributed by atoms with Crippen molar-refractivity contribution in [1.29, 1.82) is 0 Å². The summed E-state index contributed by atoms with van der Waals surface area (Å²) in [4.78, 5) is 23.5. The molecular formula is C14H15BrClFO2S. The lowest BCUT2D eigenvalue weighted by atomic mass is 10.0. The molecule has 2 nitrogen and oxygen atoms in total. The normalized spacial score (nSPS) is 12.2. The van der Waals surface area contributed by atoms with Crippen LogP contribution in [-0.2, 0) is 4.79 Å². The minimum Gasteiger partial charge on any atom is -0.287 e. The molecule has 0 aliphatic rings. The smallest absolute Gasteiger partial charge is 0.255 e. The van der Waals surface area contributed by atoms with E-state index in [1.165, 1.54) is 6.07 Å². The highest BCUT2D eigenvalue weighted by atomic mass is 79.9. The van der Waals surface area contributed by atoms with Crippen LogP contribution in [0.25, 0.3) is 0 Å². The molecule has 0 heterocycles. The van der Waals surface area contributed by atoms with Gasteiger partial charge in [-0.15, -0.1) is 0 Å². The average Bonchev–Trinajstić information content (AvgIpc) is 2.32. The van der Waals surface area contributed by atoms with Crippen molar-refractivity contribution in [1.82, 2.24) is 0 Å². The fourth-order valence-corrected chi connectivity index (χ4v) is 3.45. The Bertz CT molecular complexity index is 522. The van der Waals surface area contributed by atoms with Gasteiger partial charge in [-0.05, 0) is 45.6 Å². The Hall–Kier alpha value is -0.390. The number of hydrogen-bond acceptors (Lipinski definition) is 3. The predicted molar refractivity (Wildman–Crippen MR) is 83.8 cm³/mol. The maximum Gasteiger partial charge on any atom is 0.255 e. The number of hydrogen-bond donors (Lipinski definition) is 0. The second-order valence-electron chi connectivity index (χ2n) is 4.61. The summed E-state index contributed by atoms with van der Waals surface area (Å²) >= 11 is 9.50. The van der Waals surface area contributed by atoms with Crippen molar-refractivity contribution < 1.29 is 14.0 Å². The largest absolute Gasteiger partial charge is 0.287 e. The molecule has 20 heavy (non-hydrogen) atoms. The van der Waals surface area contributed by atoms with Gasteiger partial charge in [0.1, 0.15) is 5.82 Å². The second kappa shape index (κ2) is 8.15. The van der Waals surface area contributed by atoms with E-state index in [0.29, 0.717) is 21.7 Å². The van der Waals surface area contributed by atoms with Gasteiger partial charge in [0, 0.05) is 15.8 Å². The van der Waals surface area contributed by atoms with Gasteiger partial charge < -0.3 is 0 Å². The van der Waals surface area contributed by atoms with Gasteiger partial charge in [0.05, 0.1) is 5.56 Å². The maximum absolute atomic E-state index is 13.5. The lowest BCUT2D eigenvalue weighted by Crippen LogP contribution is -2.02. The number of halogens is 3. The molecule has 110 valence electrons. The Kier molecular flexibility index (Phi) is 7.20. The van der Waals surface area contributed by atoms with Crippen LogP contribution in [0.2, 0.25) is 0 Å². The highest BCUT2D eigenvalue weighted by molar-refractivity contribution is 9.10. The first kappa shape index (κ1) is 17.7. The second-order valence-corrected chi connectivity index (χ2v) is 6.91. The van der Waals surface area contributed by atoms with E-state index in [1.807, 2.05) is 6.92 Å². The van der Waals surface area contributed by atoms with Crippen LogP contribution in [0.3, 0.4) is 0 Å². The fourth-order valence-electron chi connectivity index (χ4n) is 1.80. The molecular weight excluding hydrogens is 367 g/mol. The summed E-state index contributed by atoms with van der Waals surface area (Å²) in [5, 5.41) is -0.880. The highest BCUT2D eigenvalue weighted by Gasteiger charge is 2.17. The van der Waals surface area contributed by atoms with Gasteiger partial charge in [-0.2, -0.15) is 0 Å². The SMILES string of the molecule is CCCC(C)CC(=O)Sc1cc(C(=O)Cl)c(F)cc1Br. The van der Waals surface area contributed by atoms with E-state index in [1.54, 1.807) is 0 Å². The van der Waals surface area contributed by atoms with E-state index in [0.717, 1.165) is 30.7 Å². The topological polar surface area (TPSA) is 34.1 Å². The number of carbonyl (C=O) groups is 2. The zero-order valence-corrected chi connectivity index (χ0v) is 14.4. The Morgan fingerprint density at radius 2 is 2.10 bits per heavy atom. The lowest BCUT2D eigenvalue weighted by molar-refractivity contribution is -0.111. The first-order valence-electron chi connectivity index (χ1n) is 6.24. The summed E-state index contributed by atoms with van der Waals surface area (Å²) in [5.74, 6) is -0.388. The monoisotopic (exact) mass is 380 g/mol. The van der Waals surface area contributed by atoms with Crippen molar-refractivity contribution in [2.75, 3.05) is 0 Å². The summed E-state index contributed by atoms with van der Waals surface area (Å²) < 4.78 is 13.9. The maximum atomic E-state index is 13.5. The van der Waals surface area contributed by atoms with Gasteiger partial charge in [0.15, 0.2) is 5.12 Å². The van der Waals surface area contributed by atoms with E-state index in [9.17, 15) is 14.0 Å².